The van der Waals surface area contributed by atoms with Crippen molar-refractivity contribution >= 4 is 5.97 Å². The molecule has 33 heavy (non-hydrogen) atoms. The third-order valence-electron chi connectivity index (χ3n) is 10.9. The maximum absolute atomic E-state index is 12.4. The van der Waals surface area contributed by atoms with Crippen molar-refractivity contribution in [1.82, 2.24) is 0 Å². The second-order valence-electron chi connectivity index (χ2n) is 12.7. The van der Waals surface area contributed by atoms with Gasteiger partial charge in [0.25, 0.3) is 0 Å². The quantitative estimate of drug-likeness (QED) is 0.418. The Morgan fingerprint density at radius 3 is 2.45 bits per heavy atom. The van der Waals surface area contributed by atoms with Gasteiger partial charge in [0.05, 0.1) is 11.5 Å². The van der Waals surface area contributed by atoms with Gasteiger partial charge in [0.2, 0.25) is 0 Å². The molecule has 0 spiro atoms. The van der Waals surface area contributed by atoms with E-state index in [4.69, 9.17) is 6.58 Å². The zero-order chi connectivity index (χ0) is 24.3. The molecule has 0 aromatic rings. The lowest BCUT2D eigenvalue weighted by Crippen LogP contribution is -2.57. The molecule has 4 aliphatic rings. The first kappa shape index (κ1) is 24.8. The Bertz CT molecular complexity index is 866. The van der Waals surface area contributed by atoms with Gasteiger partial charge in [0.1, 0.15) is 0 Å². The fourth-order valence-corrected chi connectivity index (χ4v) is 8.41. The van der Waals surface area contributed by atoms with Crippen molar-refractivity contribution in [3.8, 4) is 0 Å². The summed E-state index contributed by atoms with van der Waals surface area (Å²) < 4.78 is 0. The molecule has 0 unspecified atom stereocenters. The van der Waals surface area contributed by atoms with Crippen LogP contribution in [0.3, 0.4) is 0 Å². The topological polar surface area (TPSA) is 57.5 Å². The number of aliphatic hydroxyl groups excluding tert-OH is 1. The molecule has 3 nitrogen and oxygen atoms in total. The highest BCUT2D eigenvalue weighted by Crippen LogP contribution is 2.66. The predicted octanol–water partition coefficient (Wildman–Crippen LogP) is 7.18. The van der Waals surface area contributed by atoms with E-state index in [-0.39, 0.29) is 11.3 Å². The number of rotatable bonds is 6. The molecule has 4 rings (SSSR count). The summed E-state index contributed by atoms with van der Waals surface area (Å²) in [5, 5.41) is 20.9. The standard InChI is InChI=1S/C30H46O3/c1-17(2)18(3)8-9-19(4)21-10-11-22-23-12-13-26-29(6,25(23)16-24(22)20(21)5)15-14-27(31)30(26,7)28(32)33/h17,19,21-22,24,26-27,31H,3,5,8-16H2,1-2,4,6-7H3,(H,32,33)/t19-,21-,22+,24+,26-,27+,29-,30+/m1/s1. The summed E-state index contributed by atoms with van der Waals surface area (Å²) in [6.45, 7) is 20.0. The number of hydrogen-bond acceptors (Lipinski definition) is 2. The summed E-state index contributed by atoms with van der Waals surface area (Å²) in [5.41, 5.74) is 4.86. The van der Waals surface area contributed by atoms with E-state index in [0.717, 1.165) is 32.1 Å². The van der Waals surface area contributed by atoms with E-state index >= 15 is 0 Å². The lowest BCUT2D eigenvalue weighted by Gasteiger charge is -2.55. The molecule has 0 aliphatic heterocycles. The first-order valence-corrected chi connectivity index (χ1v) is 13.4. The van der Waals surface area contributed by atoms with Gasteiger partial charge >= 0.3 is 5.97 Å². The average Bonchev–Trinajstić information content (AvgIpc) is 3.15. The molecule has 184 valence electrons. The minimum absolute atomic E-state index is 0.00943. The monoisotopic (exact) mass is 454 g/mol. The number of aliphatic carboxylic acids is 1. The molecule has 2 fully saturated rings. The van der Waals surface area contributed by atoms with Crippen LogP contribution in [0.5, 0.6) is 0 Å². The van der Waals surface area contributed by atoms with E-state index in [1.807, 2.05) is 0 Å². The van der Waals surface area contributed by atoms with Crippen molar-refractivity contribution in [2.75, 3.05) is 0 Å². The van der Waals surface area contributed by atoms with Gasteiger partial charge in [-0.15, -0.1) is 0 Å². The van der Waals surface area contributed by atoms with Crippen LogP contribution >= 0.6 is 0 Å². The molecular weight excluding hydrogens is 408 g/mol. The zero-order valence-electron chi connectivity index (χ0n) is 21.6. The fourth-order valence-electron chi connectivity index (χ4n) is 8.41. The molecule has 0 radical (unpaired) electrons. The Kier molecular flexibility index (Phi) is 6.53. The SMILES string of the molecule is C=C(CC[C@@H](C)[C@H]1CC[C@H]2C3=C(C[C@H]2C1=C)[C@@]1(C)CC[C@H](O)[C@@](C)(C(=O)O)[C@@H]1CC3)C(C)C. The van der Waals surface area contributed by atoms with Crippen molar-refractivity contribution < 1.29 is 15.0 Å². The van der Waals surface area contributed by atoms with Crippen LogP contribution in [0.15, 0.2) is 35.5 Å². The molecule has 0 amide bonds. The normalized spacial score (nSPS) is 41.4. The second kappa shape index (κ2) is 8.70. The molecule has 2 N–H and O–H groups in total. The van der Waals surface area contributed by atoms with Crippen LogP contribution in [0.1, 0.15) is 92.4 Å². The Morgan fingerprint density at radius 1 is 1.12 bits per heavy atom. The molecule has 2 saturated carbocycles. The zero-order valence-corrected chi connectivity index (χ0v) is 21.6. The van der Waals surface area contributed by atoms with E-state index < -0.39 is 17.5 Å². The third kappa shape index (κ3) is 3.77. The summed E-state index contributed by atoms with van der Waals surface area (Å²) in [7, 11) is 0. The minimum Gasteiger partial charge on any atom is -0.481 e. The predicted molar refractivity (Wildman–Crippen MR) is 135 cm³/mol. The minimum atomic E-state index is -1.05. The third-order valence-corrected chi connectivity index (χ3v) is 10.9. The van der Waals surface area contributed by atoms with Gasteiger partial charge in [-0.25, -0.2) is 0 Å². The van der Waals surface area contributed by atoms with Gasteiger partial charge in [-0.3, -0.25) is 4.79 Å². The maximum Gasteiger partial charge on any atom is 0.312 e. The smallest absolute Gasteiger partial charge is 0.312 e. The van der Waals surface area contributed by atoms with Crippen LogP contribution in [0.25, 0.3) is 0 Å². The molecule has 0 bridgehead atoms. The summed E-state index contributed by atoms with van der Waals surface area (Å²) in [5.74, 6) is 2.11. The van der Waals surface area contributed by atoms with Gasteiger partial charge in [-0.1, -0.05) is 63.1 Å². The number of fused-ring (bicyclic) bond motifs is 4. The van der Waals surface area contributed by atoms with Crippen LogP contribution in [0, 0.1) is 46.3 Å². The molecule has 0 heterocycles. The number of carbonyl (C=O) groups is 1. The Labute approximate surface area is 201 Å². The van der Waals surface area contributed by atoms with Crippen molar-refractivity contribution in [1.29, 1.82) is 0 Å². The first-order valence-electron chi connectivity index (χ1n) is 13.4. The molecule has 3 heteroatoms. The van der Waals surface area contributed by atoms with Gasteiger partial charge in [-0.2, -0.15) is 0 Å². The fraction of sp³-hybridized carbons (Fsp3) is 0.767. The van der Waals surface area contributed by atoms with Crippen molar-refractivity contribution in [3.05, 3.63) is 35.5 Å². The van der Waals surface area contributed by atoms with Crippen LogP contribution in [-0.4, -0.2) is 22.3 Å². The number of hydrogen-bond donors (Lipinski definition) is 2. The van der Waals surface area contributed by atoms with E-state index in [2.05, 4.69) is 34.3 Å². The summed E-state index contributed by atoms with van der Waals surface area (Å²) in [4.78, 5) is 12.4. The number of carboxylic acid groups (broad SMARTS) is 1. The van der Waals surface area contributed by atoms with Crippen molar-refractivity contribution in [3.63, 3.8) is 0 Å². The molecule has 4 aliphatic carbocycles. The maximum atomic E-state index is 12.4. The first-order chi connectivity index (χ1) is 15.4. The van der Waals surface area contributed by atoms with E-state index in [1.54, 1.807) is 18.1 Å². The molecule has 0 aromatic carbocycles. The highest BCUT2D eigenvalue weighted by atomic mass is 16.4. The van der Waals surface area contributed by atoms with E-state index in [0.29, 0.717) is 36.0 Å². The number of aliphatic hydroxyl groups is 1. The van der Waals surface area contributed by atoms with Gasteiger partial charge in [-0.05, 0) is 106 Å². The van der Waals surface area contributed by atoms with Crippen LogP contribution < -0.4 is 0 Å². The van der Waals surface area contributed by atoms with Gasteiger partial charge in [0.15, 0.2) is 0 Å². The van der Waals surface area contributed by atoms with Crippen LogP contribution in [-0.2, 0) is 4.79 Å². The highest BCUT2D eigenvalue weighted by Gasteiger charge is 2.61. The highest BCUT2D eigenvalue weighted by molar-refractivity contribution is 5.76. The molecule has 0 aromatic heterocycles. The van der Waals surface area contributed by atoms with Gasteiger partial charge in [0, 0.05) is 0 Å². The largest absolute Gasteiger partial charge is 0.481 e. The van der Waals surface area contributed by atoms with Crippen LogP contribution in [0.4, 0.5) is 0 Å². The summed E-state index contributed by atoms with van der Waals surface area (Å²) in [6.07, 6.45) is 8.50. The van der Waals surface area contributed by atoms with Gasteiger partial charge < -0.3 is 10.2 Å². The summed E-state index contributed by atoms with van der Waals surface area (Å²) >= 11 is 0. The molecule has 8 atom stereocenters. The Morgan fingerprint density at radius 2 is 1.82 bits per heavy atom. The Balaban J connectivity index is 1.53. The molecule has 0 saturated heterocycles. The van der Waals surface area contributed by atoms with Crippen molar-refractivity contribution in [2.45, 2.75) is 98.5 Å². The lowest BCUT2D eigenvalue weighted by atomic mass is 9.49. The number of allylic oxidation sites excluding steroid dienone is 4. The molecular formula is C30H46O3. The average molecular weight is 455 g/mol. The van der Waals surface area contributed by atoms with Crippen LogP contribution in [0.2, 0.25) is 0 Å². The van der Waals surface area contributed by atoms with E-state index in [9.17, 15) is 15.0 Å². The Hall–Kier alpha value is -1.35. The lowest BCUT2D eigenvalue weighted by molar-refractivity contribution is -0.174. The number of carboxylic acids is 1. The summed E-state index contributed by atoms with van der Waals surface area (Å²) in [6, 6.07) is 0. The second-order valence-corrected chi connectivity index (χ2v) is 12.7. The van der Waals surface area contributed by atoms with E-state index in [1.165, 1.54) is 30.4 Å². The van der Waals surface area contributed by atoms with Crippen molar-refractivity contribution in [2.24, 2.45) is 46.3 Å².